The van der Waals surface area contributed by atoms with Crippen LogP contribution in [0.25, 0.3) is 10.2 Å². The van der Waals surface area contributed by atoms with E-state index in [2.05, 4.69) is 71.8 Å². The number of aromatic nitrogens is 5. The number of anilines is 1. The Hall–Kier alpha value is -2.36. The molecular formula is C22H25N7S2. The monoisotopic (exact) mass is 451 g/mol. The molecule has 2 aliphatic rings. The summed E-state index contributed by atoms with van der Waals surface area (Å²) in [5, 5.41) is 16.4. The lowest BCUT2D eigenvalue weighted by molar-refractivity contribution is 0.200. The highest BCUT2D eigenvalue weighted by Gasteiger charge is 2.34. The molecule has 31 heavy (non-hydrogen) atoms. The van der Waals surface area contributed by atoms with Crippen molar-refractivity contribution >= 4 is 38.0 Å². The molecule has 4 heterocycles. The normalized spacial score (nSPS) is 19.4. The van der Waals surface area contributed by atoms with Crippen LogP contribution in [-0.2, 0) is 0 Å². The Balaban J connectivity index is 1.25. The van der Waals surface area contributed by atoms with E-state index in [1.807, 2.05) is 0 Å². The minimum Gasteiger partial charge on any atom is -0.345 e. The SMILES string of the molecule is c1csc([C@@H](c2nnnn2C2CCCC2)N2CCN(c3nc4ccccc4s3)CC2)c1. The summed E-state index contributed by atoms with van der Waals surface area (Å²) in [4.78, 5) is 11.2. The Labute approximate surface area is 189 Å². The van der Waals surface area contributed by atoms with Gasteiger partial charge in [-0.3, -0.25) is 4.90 Å². The summed E-state index contributed by atoms with van der Waals surface area (Å²) in [7, 11) is 0. The second kappa shape index (κ2) is 8.29. The number of thiazole rings is 1. The summed E-state index contributed by atoms with van der Waals surface area (Å²) in [5.41, 5.74) is 1.09. The number of fused-ring (bicyclic) bond motifs is 1. The van der Waals surface area contributed by atoms with Crippen molar-refractivity contribution in [3.63, 3.8) is 0 Å². The fraction of sp³-hybridized carbons (Fsp3) is 0.455. The molecule has 1 saturated carbocycles. The first-order valence-electron chi connectivity index (χ1n) is 11.0. The third kappa shape index (κ3) is 3.64. The average Bonchev–Trinajstić information content (AvgIpc) is 3.61. The van der Waals surface area contributed by atoms with Crippen molar-refractivity contribution in [2.45, 2.75) is 37.8 Å². The van der Waals surface area contributed by atoms with E-state index >= 15 is 0 Å². The van der Waals surface area contributed by atoms with Crippen LogP contribution in [0, 0.1) is 0 Å². The van der Waals surface area contributed by atoms with Crippen LogP contribution in [0.15, 0.2) is 41.8 Å². The average molecular weight is 452 g/mol. The summed E-state index contributed by atoms with van der Waals surface area (Å²) in [6.07, 6.45) is 4.91. The van der Waals surface area contributed by atoms with Crippen LogP contribution in [0.2, 0.25) is 0 Å². The molecule has 0 spiro atoms. The van der Waals surface area contributed by atoms with Crippen LogP contribution < -0.4 is 4.90 Å². The summed E-state index contributed by atoms with van der Waals surface area (Å²) < 4.78 is 3.38. The fourth-order valence-electron chi connectivity index (χ4n) is 4.87. The Bertz CT molecular complexity index is 1100. The maximum atomic E-state index is 4.86. The number of thiophene rings is 1. The molecule has 0 unspecified atom stereocenters. The third-order valence-electron chi connectivity index (χ3n) is 6.48. The van der Waals surface area contributed by atoms with Gasteiger partial charge in [0.05, 0.1) is 16.3 Å². The maximum absolute atomic E-state index is 4.86. The van der Waals surface area contributed by atoms with E-state index in [1.54, 1.807) is 22.7 Å². The second-order valence-electron chi connectivity index (χ2n) is 8.33. The molecule has 0 bridgehead atoms. The second-order valence-corrected chi connectivity index (χ2v) is 10.3. The van der Waals surface area contributed by atoms with Gasteiger partial charge in [-0.2, -0.15) is 0 Å². The Morgan fingerprint density at radius 3 is 2.58 bits per heavy atom. The van der Waals surface area contributed by atoms with Crippen molar-refractivity contribution in [2.75, 3.05) is 31.1 Å². The molecule has 1 aliphatic carbocycles. The van der Waals surface area contributed by atoms with Crippen LogP contribution in [0.5, 0.6) is 0 Å². The summed E-state index contributed by atoms with van der Waals surface area (Å²) in [6.45, 7) is 3.87. The summed E-state index contributed by atoms with van der Waals surface area (Å²) in [5.74, 6) is 1.00. The largest absolute Gasteiger partial charge is 0.345 e. The van der Waals surface area contributed by atoms with E-state index in [9.17, 15) is 0 Å². The Kier molecular flexibility index (Phi) is 5.17. The van der Waals surface area contributed by atoms with Gasteiger partial charge < -0.3 is 4.90 Å². The van der Waals surface area contributed by atoms with Gasteiger partial charge in [0, 0.05) is 31.1 Å². The van der Waals surface area contributed by atoms with Crippen LogP contribution in [-0.4, -0.2) is 56.3 Å². The maximum Gasteiger partial charge on any atom is 0.186 e. The van der Waals surface area contributed by atoms with E-state index in [0.717, 1.165) is 42.7 Å². The summed E-state index contributed by atoms with van der Waals surface area (Å²) >= 11 is 3.59. The van der Waals surface area contributed by atoms with Crippen molar-refractivity contribution in [3.8, 4) is 0 Å². The zero-order valence-electron chi connectivity index (χ0n) is 17.3. The number of hydrogen-bond donors (Lipinski definition) is 0. The topological polar surface area (TPSA) is 63.0 Å². The van der Waals surface area contributed by atoms with E-state index in [1.165, 1.54) is 35.3 Å². The van der Waals surface area contributed by atoms with Crippen molar-refractivity contribution in [3.05, 3.63) is 52.5 Å². The number of tetrazole rings is 1. The molecule has 4 aromatic rings. The Morgan fingerprint density at radius 1 is 0.968 bits per heavy atom. The lowest BCUT2D eigenvalue weighted by Crippen LogP contribution is -2.48. The highest BCUT2D eigenvalue weighted by atomic mass is 32.1. The fourth-order valence-corrected chi connectivity index (χ4v) is 6.75. The van der Waals surface area contributed by atoms with Gasteiger partial charge in [0.2, 0.25) is 0 Å². The number of hydrogen-bond acceptors (Lipinski definition) is 8. The lowest BCUT2D eigenvalue weighted by Gasteiger charge is -2.38. The van der Waals surface area contributed by atoms with Gasteiger partial charge in [-0.05, 0) is 46.8 Å². The quantitative estimate of drug-likeness (QED) is 0.449. The van der Waals surface area contributed by atoms with Crippen LogP contribution in [0.3, 0.4) is 0 Å². The highest BCUT2D eigenvalue weighted by molar-refractivity contribution is 7.22. The Morgan fingerprint density at radius 2 is 1.81 bits per heavy atom. The number of nitrogens with zero attached hydrogens (tertiary/aromatic N) is 7. The standard InChI is InChI=1S/C22H25N7S2/c1-2-7-16(6-1)29-21(24-25-26-29)20(19-10-5-15-30-19)27-11-13-28(14-12-27)22-23-17-8-3-4-9-18(17)31-22/h3-5,8-10,15-16,20H,1-2,6-7,11-14H2/t20-/m0/s1. The van der Waals surface area contributed by atoms with Crippen molar-refractivity contribution < 1.29 is 0 Å². The molecule has 3 aromatic heterocycles. The number of rotatable bonds is 5. The number of benzene rings is 1. The van der Waals surface area contributed by atoms with Gasteiger partial charge in [0.15, 0.2) is 11.0 Å². The smallest absolute Gasteiger partial charge is 0.186 e. The molecule has 0 radical (unpaired) electrons. The molecular weight excluding hydrogens is 426 g/mol. The van der Waals surface area contributed by atoms with Crippen molar-refractivity contribution in [1.82, 2.24) is 30.1 Å². The van der Waals surface area contributed by atoms with Gasteiger partial charge in [0.1, 0.15) is 6.04 Å². The predicted molar refractivity (Wildman–Crippen MR) is 125 cm³/mol. The van der Waals surface area contributed by atoms with E-state index in [-0.39, 0.29) is 6.04 Å². The molecule has 2 fully saturated rings. The van der Waals surface area contributed by atoms with E-state index in [0.29, 0.717) is 6.04 Å². The number of piperazine rings is 1. The molecule has 7 nitrogen and oxygen atoms in total. The van der Waals surface area contributed by atoms with Gasteiger partial charge >= 0.3 is 0 Å². The minimum absolute atomic E-state index is 0.119. The number of para-hydroxylation sites is 1. The molecule has 1 aromatic carbocycles. The molecule has 160 valence electrons. The van der Waals surface area contributed by atoms with E-state index in [4.69, 9.17) is 4.98 Å². The van der Waals surface area contributed by atoms with Crippen molar-refractivity contribution in [2.24, 2.45) is 0 Å². The van der Waals surface area contributed by atoms with Crippen molar-refractivity contribution in [1.29, 1.82) is 0 Å². The van der Waals surface area contributed by atoms with E-state index < -0.39 is 0 Å². The molecule has 1 atom stereocenters. The first-order chi connectivity index (χ1) is 15.4. The molecule has 6 rings (SSSR count). The van der Waals surface area contributed by atoms with Gasteiger partial charge in [-0.25, -0.2) is 9.67 Å². The molecule has 0 amide bonds. The third-order valence-corrected chi connectivity index (χ3v) is 8.50. The summed E-state index contributed by atoms with van der Waals surface area (Å²) in [6, 6.07) is 13.3. The molecule has 9 heteroatoms. The van der Waals surface area contributed by atoms with Gasteiger partial charge in [-0.15, -0.1) is 16.4 Å². The first-order valence-corrected chi connectivity index (χ1v) is 12.7. The highest BCUT2D eigenvalue weighted by Crippen LogP contribution is 2.36. The zero-order chi connectivity index (χ0) is 20.6. The van der Waals surface area contributed by atoms with Gasteiger partial charge in [0.25, 0.3) is 0 Å². The zero-order valence-corrected chi connectivity index (χ0v) is 18.9. The minimum atomic E-state index is 0.119. The van der Waals surface area contributed by atoms with Gasteiger partial charge in [-0.1, -0.05) is 42.4 Å². The first kappa shape index (κ1) is 19.3. The molecule has 0 N–H and O–H groups in total. The lowest BCUT2D eigenvalue weighted by atomic mass is 10.1. The molecule has 1 aliphatic heterocycles. The van der Waals surface area contributed by atoms with Crippen LogP contribution in [0.4, 0.5) is 5.13 Å². The predicted octanol–water partition coefficient (Wildman–Crippen LogP) is 4.37. The van der Waals surface area contributed by atoms with Crippen LogP contribution in [0.1, 0.15) is 48.5 Å². The van der Waals surface area contributed by atoms with Crippen LogP contribution >= 0.6 is 22.7 Å². The molecule has 1 saturated heterocycles.